The number of nitrogens with zero attached hydrogens (tertiary/aromatic N) is 3. The van der Waals surface area contributed by atoms with E-state index in [1.807, 2.05) is 11.0 Å². The lowest BCUT2D eigenvalue weighted by atomic mass is 10.1. The van der Waals surface area contributed by atoms with Crippen LogP contribution in [0.4, 0.5) is 0 Å². The van der Waals surface area contributed by atoms with Gasteiger partial charge in [0.15, 0.2) is 5.69 Å². The van der Waals surface area contributed by atoms with Crippen LogP contribution in [0.3, 0.4) is 0 Å². The highest BCUT2D eigenvalue weighted by Gasteiger charge is 2.38. The summed E-state index contributed by atoms with van der Waals surface area (Å²) in [5.74, 6) is 1.44. The van der Waals surface area contributed by atoms with Crippen molar-refractivity contribution in [2.24, 2.45) is 0 Å². The van der Waals surface area contributed by atoms with Crippen molar-refractivity contribution in [3.05, 3.63) is 17.5 Å². The van der Waals surface area contributed by atoms with Crippen molar-refractivity contribution in [1.29, 1.82) is 0 Å². The SMILES string of the molecule is C[C@H]1CN2CCC[C@@H]2CN1C(=O)c1cc(C2CC2)on1. The largest absolute Gasteiger partial charge is 0.360 e. The zero-order valence-corrected chi connectivity index (χ0v) is 11.9. The molecule has 2 atom stereocenters. The topological polar surface area (TPSA) is 49.6 Å². The molecule has 0 radical (unpaired) electrons. The molecule has 108 valence electrons. The highest BCUT2D eigenvalue weighted by atomic mass is 16.5. The average Bonchev–Trinajstić information content (AvgIpc) is 3.00. The molecule has 4 rings (SSSR count). The summed E-state index contributed by atoms with van der Waals surface area (Å²) in [7, 11) is 0. The Kier molecular flexibility index (Phi) is 2.84. The Morgan fingerprint density at radius 3 is 3.00 bits per heavy atom. The molecule has 0 N–H and O–H groups in total. The Balaban J connectivity index is 1.51. The number of rotatable bonds is 2. The van der Waals surface area contributed by atoms with Crippen LogP contribution in [-0.2, 0) is 0 Å². The summed E-state index contributed by atoms with van der Waals surface area (Å²) in [5, 5.41) is 3.99. The number of carbonyl (C=O) groups is 1. The van der Waals surface area contributed by atoms with Crippen molar-refractivity contribution in [1.82, 2.24) is 15.0 Å². The number of carbonyl (C=O) groups excluding carboxylic acids is 1. The molecular weight excluding hydrogens is 254 g/mol. The number of hydrogen-bond acceptors (Lipinski definition) is 4. The molecule has 5 heteroatoms. The highest BCUT2D eigenvalue weighted by Crippen LogP contribution is 2.40. The maximum Gasteiger partial charge on any atom is 0.276 e. The van der Waals surface area contributed by atoms with Crippen LogP contribution in [0.15, 0.2) is 10.6 Å². The third-order valence-electron chi connectivity index (χ3n) is 4.93. The summed E-state index contributed by atoms with van der Waals surface area (Å²) >= 11 is 0. The van der Waals surface area contributed by atoms with E-state index in [1.165, 1.54) is 32.2 Å². The van der Waals surface area contributed by atoms with E-state index in [2.05, 4.69) is 17.0 Å². The zero-order chi connectivity index (χ0) is 13.7. The molecule has 0 spiro atoms. The van der Waals surface area contributed by atoms with Gasteiger partial charge in [-0.15, -0.1) is 0 Å². The number of piperazine rings is 1. The first kappa shape index (κ1) is 12.4. The minimum absolute atomic E-state index is 0.0414. The minimum atomic E-state index is 0.0414. The normalized spacial score (nSPS) is 30.6. The van der Waals surface area contributed by atoms with Gasteiger partial charge in [-0.1, -0.05) is 5.16 Å². The Morgan fingerprint density at radius 1 is 1.35 bits per heavy atom. The summed E-state index contributed by atoms with van der Waals surface area (Å²) in [5.41, 5.74) is 0.491. The molecule has 0 aromatic carbocycles. The third-order valence-corrected chi connectivity index (χ3v) is 4.93. The molecular formula is C15H21N3O2. The molecule has 1 aromatic heterocycles. The van der Waals surface area contributed by atoms with Gasteiger partial charge in [0, 0.05) is 37.2 Å². The molecule has 0 unspecified atom stereocenters. The fraction of sp³-hybridized carbons (Fsp3) is 0.733. The second kappa shape index (κ2) is 4.58. The van der Waals surface area contributed by atoms with Crippen molar-refractivity contribution in [2.75, 3.05) is 19.6 Å². The number of hydrogen-bond donors (Lipinski definition) is 0. The highest BCUT2D eigenvalue weighted by molar-refractivity contribution is 5.92. The summed E-state index contributed by atoms with van der Waals surface area (Å²) in [6.45, 7) is 5.15. The molecule has 2 aliphatic heterocycles. The van der Waals surface area contributed by atoms with Gasteiger partial charge in [-0.05, 0) is 39.2 Å². The minimum Gasteiger partial charge on any atom is -0.360 e. The van der Waals surface area contributed by atoms with E-state index >= 15 is 0 Å². The van der Waals surface area contributed by atoms with Gasteiger partial charge in [0.05, 0.1) is 0 Å². The van der Waals surface area contributed by atoms with Crippen LogP contribution >= 0.6 is 0 Å². The van der Waals surface area contributed by atoms with Gasteiger partial charge in [0.2, 0.25) is 0 Å². The lowest BCUT2D eigenvalue weighted by Gasteiger charge is -2.41. The van der Waals surface area contributed by atoms with Crippen molar-refractivity contribution >= 4 is 5.91 Å². The maximum atomic E-state index is 12.6. The quantitative estimate of drug-likeness (QED) is 0.826. The number of amides is 1. The van der Waals surface area contributed by atoms with Crippen molar-refractivity contribution in [3.63, 3.8) is 0 Å². The predicted molar refractivity (Wildman–Crippen MR) is 73.6 cm³/mol. The molecule has 1 amide bonds. The summed E-state index contributed by atoms with van der Waals surface area (Å²) in [6, 6.07) is 2.66. The standard InChI is InChI=1S/C15H21N3O2/c1-10-8-17-6-2-3-12(17)9-18(10)15(19)13-7-14(20-16-13)11-4-5-11/h7,10-12H,2-6,8-9H2,1H3/t10-,12+/m0/s1. The molecule has 1 saturated carbocycles. The second-order valence-electron chi connectivity index (χ2n) is 6.49. The molecule has 5 nitrogen and oxygen atoms in total. The van der Waals surface area contributed by atoms with Crippen LogP contribution in [-0.4, -0.2) is 52.6 Å². The molecule has 1 aromatic rings. The number of aromatic nitrogens is 1. The molecule has 3 fully saturated rings. The first-order chi connectivity index (χ1) is 9.72. The van der Waals surface area contributed by atoms with Gasteiger partial charge in [0.1, 0.15) is 5.76 Å². The first-order valence-electron chi connectivity index (χ1n) is 7.74. The van der Waals surface area contributed by atoms with Gasteiger partial charge in [-0.3, -0.25) is 9.69 Å². The molecule has 20 heavy (non-hydrogen) atoms. The van der Waals surface area contributed by atoms with Gasteiger partial charge in [0.25, 0.3) is 5.91 Å². The number of fused-ring (bicyclic) bond motifs is 1. The van der Waals surface area contributed by atoms with Gasteiger partial charge in [-0.25, -0.2) is 0 Å². The van der Waals surface area contributed by atoms with Crippen molar-refractivity contribution < 1.29 is 9.32 Å². The van der Waals surface area contributed by atoms with E-state index in [0.29, 0.717) is 17.7 Å². The van der Waals surface area contributed by atoms with Crippen LogP contribution in [0.1, 0.15) is 54.8 Å². The molecule has 0 bridgehead atoms. The second-order valence-corrected chi connectivity index (χ2v) is 6.49. The monoisotopic (exact) mass is 275 g/mol. The van der Waals surface area contributed by atoms with Crippen LogP contribution in [0.25, 0.3) is 0 Å². The Bertz CT molecular complexity index is 523. The average molecular weight is 275 g/mol. The fourth-order valence-corrected chi connectivity index (χ4v) is 3.57. The van der Waals surface area contributed by atoms with Crippen molar-refractivity contribution in [2.45, 2.75) is 50.6 Å². The van der Waals surface area contributed by atoms with E-state index in [-0.39, 0.29) is 11.9 Å². The molecule has 2 saturated heterocycles. The Hall–Kier alpha value is -1.36. The zero-order valence-electron chi connectivity index (χ0n) is 11.9. The van der Waals surface area contributed by atoms with Crippen molar-refractivity contribution in [3.8, 4) is 0 Å². The van der Waals surface area contributed by atoms with E-state index in [0.717, 1.165) is 18.8 Å². The maximum absolute atomic E-state index is 12.6. The summed E-state index contributed by atoms with van der Waals surface area (Å²) in [4.78, 5) is 17.1. The molecule has 3 heterocycles. The molecule has 1 aliphatic carbocycles. The van der Waals surface area contributed by atoms with Crippen LogP contribution in [0.5, 0.6) is 0 Å². The lowest BCUT2D eigenvalue weighted by molar-refractivity contribution is 0.0386. The molecule has 3 aliphatic rings. The smallest absolute Gasteiger partial charge is 0.276 e. The Morgan fingerprint density at radius 2 is 2.20 bits per heavy atom. The predicted octanol–water partition coefficient (Wildman–Crippen LogP) is 1.86. The van der Waals surface area contributed by atoms with E-state index in [4.69, 9.17) is 4.52 Å². The van der Waals surface area contributed by atoms with Crippen LogP contribution in [0, 0.1) is 0 Å². The van der Waals surface area contributed by atoms with E-state index in [9.17, 15) is 4.79 Å². The van der Waals surface area contributed by atoms with Crippen LogP contribution < -0.4 is 0 Å². The van der Waals surface area contributed by atoms with E-state index < -0.39 is 0 Å². The lowest BCUT2D eigenvalue weighted by Crippen LogP contribution is -2.56. The van der Waals surface area contributed by atoms with Crippen LogP contribution in [0.2, 0.25) is 0 Å². The first-order valence-corrected chi connectivity index (χ1v) is 7.74. The fourth-order valence-electron chi connectivity index (χ4n) is 3.57. The summed E-state index contributed by atoms with van der Waals surface area (Å²) in [6.07, 6.45) is 4.80. The van der Waals surface area contributed by atoms with Gasteiger partial charge >= 0.3 is 0 Å². The van der Waals surface area contributed by atoms with Gasteiger partial charge < -0.3 is 9.42 Å². The summed E-state index contributed by atoms with van der Waals surface area (Å²) < 4.78 is 5.31. The Labute approximate surface area is 118 Å². The van der Waals surface area contributed by atoms with E-state index in [1.54, 1.807) is 0 Å². The van der Waals surface area contributed by atoms with Gasteiger partial charge in [-0.2, -0.15) is 0 Å². The third kappa shape index (κ3) is 2.04.